The van der Waals surface area contributed by atoms with Gasteiger partial charge in [-0.3, -0.25) is 9.59 Å². The average Bonchev–Trinajstić information content (AvgIpc) is 3.21. The number of fused-ring (bicyclic) bond motifs is 1. The molecule has 29 heavy (non-hydrogen) atoms. The van der Waals surface area contributed by atoms with Gasteiger partial charge in [-0.2, -0.15) is 0 Å². The number of aromatic amines is 1. The fourth-order valence-corrected chi connectivity index (χ4v) is 2.70. The van der Waals surface area contributed by atoms with Crippen molar-refractivity contribution in [2.24, 2.45) is 0 Å². The number of aromatic nitrogens is 5. The number of rotatable bonds is 5. The van der Waals surface area contributed by atoms with Gasteiger partial charge in [0.2, 0.25) is 0 Å². The summed E-state index contributed by atoms with van der Waals surface area (Å²) in [4.78, 5) is 43.8. The number of nitrogens with zero attached hydrogens (tertiary/aromatic N) is 4. The molecule has 0 aliphatic rings. The lowest BCUT2D eigenvalue weighted by atomic mass is 10.2. The maximum absolute atomic E-state index is 12.5. The fraction of sp³-hybridized carbons (Fsp3) is 0.0526. The van der Waals surface area contributed by atoms with Gasteiger partial charge in [0.1, 0.15) is 17.1 Å². The van der Waals surface area contributed by atoms with E-state index < -0.39 is 5.91 Å². The van der Waals surface area contributed by atoms with Crippen LogP contribution in [0.15, 0.2) is 55.2 Å². The van der Waals surface area contributed by atoms with Crippen molar-refractivity contribution in [1.82, 2.24) is 30.2 Å². The van der Waals surface area contributed by atoms with E-state index in [-0.39, 0.29) is 35.4 Å². The van der Waals surface area contributed by atoms with Gasteiger partial charge >= 0.3 is 0 Å². The number of hydrogen-bond donors (Lipinski definition) is 4. The van der Waals surface area contributed by atoms with E-state index in [1.165, 1.54) is 37.1 Å². The summed E-state index contributed by atoms with van der Waals surface area (Å²) in [5.41, 5.74) is 2.03. The van der Waals surface area contributed by atoms with E-state index in [1.807, 2.05) is 0 Å². The molecule has 0 bridgehead atoms. The Morgan fingerprint density at radius 2 is 1.79 bits per heavy atom. The summed E-state index contributed by atoms with van der Waals surface area (Å²) in [7, 11) is 0. The summed E-state index contributed by atoms with van der Waals surface area (Å²) in [6.45, 7) is 0.196. The second-order valence-corrected chi connectivity index (χ2v) is 6.02. The van der Waals surface area contributed by atoms with Crippen molar-refractivity contribution in [2.75, 3.05) is 5.32 Å². The number of hydrogen-bond acceptors (Lipinski definition) is 7. The van der Waals surface area contributed by atoms with Crippen LogP contribution in [0, 0.1) is 0 Å². The van der Waals surface area contributed by atoms with Gasteiger partial charge in [-0.1, -0.05) is 0 Å². The van der Waals surface area contributed by atoms with E-state index in [9.17, 15) is 14.7 Å². The highest BCUT2D eigenvalue weighted by molar-refractivity contribution is 6.04. The largest absolute Gasteiger partial charge is 0.505 e. The van der Waals surface area contributed by atoms with Gasteiger partial charge in [-0.05, 0) is 35.9 Å². The molecule has 0 radical (unpaired) electrons. The quantitative estimate of drug-likeness (QED) is 0.406. The van der Waals surface area contributed by atoms with Crippen molar-refractivity contribution >= 4 is 28.7 Å². The Kier molecular flexibility index (Phi) is 4.81. The molecule has 4 N–H and O–H groups in total. The third-order valence-electron chi connectivity index (χ3n) is 4.07. The molecule has 0 unspecified atom stereocenters. The summed E-state index contributed by atoms with van der Waals surface area (Å²) in [6, 6.07) is 7.94. The van der Waals surface area contributed by atoms with Crippen LogP contribution in [0.2, 0.25) is 0 Å². The summed E-state index contributed by atoms with van der Waals surface area (Å²) in [6.07, 6.45) is 5.94. The Labute approximate surface area is 164 Å². The van der Waals surface area contributed by atoms with Crippen molar-refractivity contribution in [3.63, 3.8) is 0 Å². The van der Waals surface area contributed by atoms with Gasteiger partial charge in [0.15, 0.2) is 11.4 Å². The Balaban J connectivity index is 1.44. The first-order chi connectivity index (χ1) is 14.1. The minimum atomic E-state index is -0.591. The second kappa shape index (κ2) is 7.72. The van der Waals surface area contributed by atoms with Crippen molar-refractivity contribution in [2.45, 2.75) is 6.54 Å². The molecule has 0 aliphatic carbocycles. The minimum Gasteiger partial charge on any atom is -0.505 e. The van der Waals surface area contributed by atoms with Crippen LogP contribution in [0.4, 0.5) is 5.82 Å². The Morgan fingerprint density at radius 3 is 2.66 bits per heavy atom. The molecule has 0 fully saturated rings. The fourth-order valence-electron chi connectivity index (χ4n) is 2.70. The van der Waals surface area contributed by atoms with Gasteiger partial charge < -0.3 is 20.7 Å². The summed E-state index contributed by atoms with van der Waals surface area (Å²) in [5.74, 6) is -0.928. The average molecular weight is 389 g/mol. The molecule has 0 atom stereocenters. The highest BCUT2D eigenvalue weighted by atomic mass is 16.3. The van der Waals surface area contributed by atoms with Gasteiger partial charge in [0.25, 0.3) is 11.8 Å². The third kappa shape index (κ3) is 3.86. The Morgan fingerprint density at radius 1 is 0.966 bits per heavy atom. The van der Waals surface area contributed by atoms with Crippen molar-refractivity contribution < 1.29 is 14.7 Å². The monoisotopic (exact) mass is 389 g/mol. The SMILES string of the molecule is O=C(Nc1cc(CNC(=O)c2nccc3[nH]cnc23)ccn1)c1ncccc1O. The van der Waals surface area contributed by atoms with Crippen molar-refractivity contribution in [3.05, 3.63) is 72.2 Å². The van der Waals surface area contributed by atoms with Crippen LogP contribution in [0.1, 0.15) is 26.5 Å². The topological polar surface area (TPSA) is 146 Å². The first-order valence-electron chi connectivity index (χ1n) is 8.58. The third-order valence-corrected chi connectivity index (χ3v) is 4.07. The molecule has 4 aromatic rings. The molecule has 0 aromatic carbocycles. The molecule has 0 spiro atoms. The molecular weight excluding hydrogens is 374 g/mol. The van der Waals surface area contributed by atoms with Crippen LogP contribution in [0.5, 0.6) is 5.75 Å². The van der Waals surface area contributed by atoms with Gasteiger partial charge in [-0.25, -0.2) is 19.9 Å². The van der Waals surface area contributed by atoms with Gasteiger partial charge in [0, 0.05) is 25.1 Å². The van der Waals surface area contributed by atoms with E-state index in [0.717, 1.165) is 5.52 Å². The normalized spacial score (nSPS) is 10.6. The first-order valence-corrected chi connectivity index (χ1v) is 8.58. The lowest BCUT2D eigenvalue weighted by Crippen LogP contribution is -2.24. The lowest BCUT2D eigenvalue weighted by Gasteiger charge is -2.08. The number of aromatic hydroxyl groups is 1. The molecule has 0 saturated heterocycles. The molecule has 0 saturated carbocycles. The zero-order valence-electron chi connectivity index (χ0n) is 15.0. The Bertz CT molecular complexity index is 1210. The highest BCUT2D eigenvalue weighted by Crippen LogP contribution is 2.15. The first kappa shape index (κ1) is 18.0. The number of anilines is 1. The summed E-state index contributed by atoms with van der Waals surface area (Å²) >= 11 is 0. The number of H-pyrrole nitrogens is 1. The standard InChI is InChI=1S/C19H15N7O3/c27-13-2-1-5-21-16(13)19(29)26-14-8-11(3-6-20-14)9-23-18(28)17-15-12(4-7-22-17)24-10-25-15/h1-8,10,27H,9H2,(H,23,28)(H,24,25)(H,20,26,29). The zero-order chi connectivity index (χ0) is 20.2. The lowest BCUT2D eigenvalue weighted by molar-refractivity contribution is 0.0946. The van der Waals surface area contributed by atoms with E-state index in [0.29, 0.717) is 11.1 Å². The number of carbonyl (C=O) groups is 2. The van der Waals surface area contributed by atoms with Crippen LogP contribution in [-0.2, 0) is 6.54 Å². The molecule has 4 aromatic heterocycles. The van der Waals surface area contributed by atoms with Gasteiger partial charge in [0.05, 0.1) is 11.8 Å². The van der Waals surface area contributed by atoms with Crippen LogP contribution < -0.4 is 10.6 Å². The van der Waals surface area contributed by atoms with Crippen LogP contribution in [0.25, 0.3) is 11.0 Å². The number of carbonyl (C=O) groups excluding carboxylic acids is 2. The molecule has 144 valence electrons. The smallest absolute Gasteiger partial charge is 0.279 e. The molecule has 0 aliphatic heterocycles. The van der Waals surface area contributed by atoms with Crippen molar-refractivity contribution in [3.8, 4) is 5.75 Å². The molecule has 4 rings (SSSR count). The maximum atomic E-state index is 12.5. The van der Waals surface area contributed by atoms with E-state index >= 15 is 0 Å². The Hall–Kier alpha value is -4.34. The number of pyridine rings is 3. The molecule has 10 nitrogen and oxygen atoms in total. The highest BCUT2D eigenvalue weighted by Gasteiger charge is 2.15. The number of amides is 2. The molecule has 4 heterocycles. The molecule has 10 heteroatoms. The zero-order valence-corrected chi connectivity index (χ0v) is 15.0. The maximum Gasteiger partial charge on any atom is 0.279 e. The van der Waals surface area contributed by atoms with Crippen molar-refractivity contribution in [1.29, 1.82) is 0 Å². The predicted molar refractivity (Wildman–Crippen MR) is 103 cm³/mol. The van der Waals surface area contributed by atoms with Crippen LogP contribution in [0.3, 0.4) is 0 Å². The minimum absolute atomic E-state index is 0.105. The van der Waals surface area contributed by atoms with Gasteiger partial charge in [-0.15, -0.1) is 0 Å². The second-order valence-electron chi connectivity index (χ2n) is 6.02. The van der Waals surface area contributed by atoms with Crippen LogP contribution >= 0.6 is 0 Å². The van der Waals surface area contributed by atoms with E-state index in [1.54, 1.807) is 18.2 Å². The molecule has 2 amide bonds. The molecular formula is C19H15N7O3. The van der Waals surface area contributed by atoms with E-state index in [4.69, 9.17) is 0 Å². The number of nitrogens with one attached hydrogen (secondary N) is 3. The predicted octanol–water partition coefficient (Wildman–Crippen LogP) is 1.64. The summed E-state index contributed by atoms with van der Waals surface area (Å²) < 4.78 is 0. The van der Waals surface area contributed by atoms with Crippen LogP contribution in [-0.4, -0.2) is 41.8 Å². The van der Waals surface area contributed by atoms with E-state index in [2.05, 4.69) is 35.6 Å². The summed E-state index contributed by atoms with van der Waals surface area (Å²) in [5, 5.41) is 15.1. The number of imidazole rings is 1.